The normalized spacial score (nSPS) is 10.2. The molecule has 0 atom stereocenters. The summed E-state index contributed by atoms with van der Waals surface area (Å²) in [5.41, 5.74) is 2.06. The fourth-order valence-corrected chi connectivity index (χ4v) is 2.45. The van der Waals surface area contributed by atoms with Crippen molar-refractivity contribution in [2.75, 3.05) is 17.7 Å². The number of hydrogen-bond acceptors (Lipinski definition) is 7. The third-order valence-electron chi connectivity index (χ3n) is 3.51. The standard InChI is InChI=1S/C18H16ClN5O2/c1-26-17(25)12-6-4-7-14(9-12)22-16-11-21-24-18(23-16)20-10-13-5-2-3-8-15(13)19/h2-9,11H,10H2,1H3,(H2,20,22,23,24). The Hall–Kier alpha value is -3.19. The van der Waals surface area contributed by atoms with E-state index in [1.54, 1.807) is 18.2 Å². The minimum absolute atomic E-state index is 0.360. The molecule has 0 aliphatic heterocycles. The monoisotopic (exact) mass is 369 g/mol. The van der Waals surface area contributed by atoms with Gasteiger partial charge in [-0.25, -0.2) is 4.79 Å². The van der Waals surface area contributed by atoms with E-state index in [4.69, 9.17) is 16.3 Å². The maximum Gasteiger partial charge on any atom is 0.337 e. The molecule has 0 unspecified atom stereocenters. The Morgan fingerprint density at radius 2 is 2.04 bits per heavy atom. The number of rotatable bonds is 6. The summed E-state index contributed by atoms with van der Waals surface area (Å²) < 4.78 is 4.72. The molecule has 1 heterocycles. The van der Waals surface area contributed by atoms with E-state index in [2.05, 4.69) is 25.8 Å². The predicted octanol–water partition coefficient (Wildman–Crippen LogP) is 3.67. The number of ether oxygens (including phenoxy) is 1. The van der Waals surface area contributed by atoms with Crippen LogP contribution < -0.4 is 10.6 Å². The van der Waals surface area contributed by atoms with Crippen LogP contribution in [0.2, 0.25) is 5.02 Å². The first kappa shape index (κ1) is 17.6. The van der Waals surface area contributed by atoms with Crippen LogP contribution in [0.15, 0.2) is 54.7 Å². The number of nitrogens with one attached hydrogen (secondary N) is 2. The number of methoxy groups -OCH3 is 1. The van der Waals surface area contributed by atoms with Crippen molar-refractivity contribution in [3.63, 3.8) is 0 Å². The summed E-state index contributed by atoms with van der Waals surface area (Å²) in [6.45, 7) is 0.475. The largest absolute Gasteiger partial charge is 0.465 e. The van der Waals surface area contributed by atoms with Crippen LogP contribution in [0.4, 0.5) is 17.5 Å². The van der Waals surface area contributed by atoms with E-state index in [-0.39, 0.29) is 0 Å². The molecule has 0 saturated heterocycles. The summed E-state index contributed by atoms with van der Waals surface area (Å²) in [6.07, 6.45) is 1.49. The van der Waals surface area contributed by atoms with Crippen molar-refractivity contribution in [1.82, 2.24) is 15.2 Å². The Labute approximate surface area is 155 Å². The lowest BCUT2D eigenvalue weighted by Gasteiger charge is -2.09. The third-order valence-corrected chi connectivity index (χ3v) is 3.88. The van der Waals surface area contributed by atoms with E-state index in [1.807, 2.05) is 30.3 Å². The van der Waals surface area contributed by atoms with Gasteiger partial charge in [0.05, 0.1) is 18.9 Å². The highest BCUT2D eigenvalue weighted by atomic mass is 35.5. The summed E-state index contributed by atoms with van der Waals surface area (Å²) in [7, 11) is 1.34. The van der Waals surface area contributed by atoms with Crippen molar-refractivity contribution in [3.8, 4) is 0 Å². The molecule has 132 valence electrons. The minimum atomic E-state index is -0.406. The van der Waals surface area contributed by atoms with Gasteiger partial charge < -0.3 is 15.4 Å². The highest BCUT2D eigenvalue weighted by Gasteiger charge is 2.07. The molecule has 2 N–H and O–H groups in total. The zero-order valence-corrected chi connectivity index (χ0v) is 14.7. The first-order valence-corrected chi connectivity index (χ1v) is 8.16. The Bertz CT molecular complexity index is 919. The van der Waals surface area contributed by atoms with E-state index in [0.717, 1.165) is 5.56 Å². The van der Waals surface area contributed by atoms with Crippen molar-refractivity contribution in [3.05, 3.63) is 70.9 Å². The van der Waals surface area contributed by atoms with Gasteiger partial charge in [0.2, 0.25) is 5.95 Å². The molecule has 3 aromatic rings. The topological polar surface area (TPSA) is 89.0 Å². The molecule has 8 heteroatoms. The molecule has 26 heavy (non-hydrogen) atoms. The van der Waals surface area contributed by atoms with Crippen LogP contribution in [0.5, 0.6) is 0 Å². The third kappa shape index (κ3) is 4.46. The van der Waals surface area contributed by atoms with E-state index in [1.165, 1.54) is 13.3 Å². The lowest BCUT2D eigenvalue weighted by Crippen LogP contribution is -2.07. The Morgan fingerprint density at radius 1 is 1.19 bits per heavy atom. The number of hydrogen-bond donors (Lipinski definition) is 2. The van der Waals surface area contributed by atoms with Gasteiger partial charge in [-0.15, -0.1) is 5.10 Å². The molecule has 0 amide bonds. The second-order valence-corrected chi connectivity index (χ2v) is 5.71. The number of carbonyl (C=O) groups excluding carboxylic acids is 1. The number of nitrogens with zero attached hydrogens (tertiary/aromatic N) is 3. The summed E-state index contributed by atoms with van der Waals surface area (Å²) in [5, 5.41) is 14.7. The van der Waals surface area contributed by atoms with Crippen molar-refractivity contribution >= 4 is 35.0 Å². The molecule has 0 saturated carbocycles. The van der Waals surface area contributed by atoms with Crippen LogP contribution in [0.1, 0.15) is 15.9 Å². The highest BCUT2D eigenvalue weighted by Crippen LogP contribution is 2.18. The summed E-state index contributed by atoms with van der Waals surface area (Å²) >= 11 is 6.13. The zero-order chi connectivity index (χ0) is 18.4. The smallest absolute Gasteiger partial charge is 0.337 e. The van der Waals surface area contributed by atoms with Gasteiger partial charge in [-0.1, -0.05) is 35.9 Å². The van der Waals surface area contributed by atoms with E-state index < -0.39 is 5.97 Å². The second kappa shape index (κ2) is 8.26. The van der Waals surface area contributed by atoms with E-state index in [0.29, 0.717) is 34.6 Å². The van der Waals surface area contributed by atoms with Crippen LogP contribution >= 0.6 is 11.6 Å². The summed E-state index contributed by atoms with van der Waals surface area (Å²) in [4.78, 5) is 16.0. The molecular weight excluding hydrogens is 354 g/mol. The van der Waals surface area contributed by atoms with Crippen molar-refractivity contribution in [2.24, 2.45) is 0 Å². The van der Waals surface area contributed by atoms with E-state index in [9.17, 15) is 4.79 Å². The zero-order valence-electron chi connectivity index (χ0n) is 13.9. The van der Waals surface area contributed by atoms with Gasteiger partial charge in [0.25, 0.3) is 0 Å². The quantitative estimate of drug-likeness (QED) is 0.641. The number of carbonyl (C=O) groups is 1. The lowest BCUT2D eigenvalue weighted by molar-refractivity contribution is 0.0601. The molecule has 0 aliphatic carbocycles. The molecule has 1 aromatic heterocycles. The maximum absolute atomic E-state index is 11.6. The van der Waals surface area contributed by atoms with Gasteiger partial charge in [0.15, 0.2) is 5.82 Å². The Kier molecular flexibility index (Phi) is 5.60. The first-order chi connectivity index (χ1) is 12.7. The SMILES string of the molecule is COC(=O)c1cccc(Nc2cnnc(NCc3ccccc3Cl)n2)c1. The van der Waals surface area contributed by atoms with E-state index >= 15 is 0 Å². The van der Waals surface area contributed by atoms with Crippen LogP contribution in [0.3, 0.4) is 0 Å². The van der Waals surface area contributed by atoms with Gasteiger partial charge >= 0.3 is 5.97 Å². The molecule has 0 spiro atoms. The number of esters is 1. The van der Waals surface area contributed by atoms with Crippen LogP contribution in [0.25, 0.3) is 0 Å². The van der Waals surface area contributed by atoms with Crippen molar-refractivity contribution in [2.45, 2.75) is 6.54 Å². The minimum Gasteiger partial charge on any atom is -0.465 e. The lowest BCUT2D eigenvalue weighted by atomic mass is 10.2. The second-order valence-electron chi connectivity index (χ2n) is 5.31. The molecular formula is C18H16ClN5O2. The Morgan fingerprint density at radius 3 is 2.85 bits per heavy atom. The average Bonchev–Trinajstić information content (AvgIpc) is 2.67. The molecule has 0 radical (unpaired) electrons. The van der Waals surface area contributed by atoms with Crippen LogP contribution in [-0.2, 0) is 11.3 Å². The molecule has 7 nitrogen and oxygen atoms in total. The average molecular weight is 370 g/mol. The van der Waals surface area contributed by atoms with Gasteiger partial charge in [-0.05, 0) is 29.8 Å². The number of aromatic nitrogens is 3. The summed E-state index contributed by atoms with van der Waals surface area (Å²) in [5.74, 6) is 0.444. The van der Waals surface area contributed by atoms with Gasteiger partial charge in [0.1, 0.15) is 0 Å². The van der Waals surface area contributed by atoms with Crippen LogP contribution in [0, 0.1) is 0 Å². The van der Waals surface area contributed by atoms with Crippen molar-refractivity contribution < 1.29 is 9.53 Å². The fourth-order valence-electron chi connectivity index (χ4n) is 2.24. The van der Waals surface area contributed by atoms with Crippen LogP contribution in [-0.4, -0.2) is 28.3 Å². The summed E-state index contributed by atoms with van der Waals surface area (Å²) in [6, 6.07) is 14.4. The van der Waals surface area contributed by atoms with Gasteiger partial charge in [-0.2, -0.15) is 10.1 Å². The fraction of sp³-hybridized carbons (Fsp3) is 0.111. The van der Waals surface area contributed by atoms with Gasteiger partial charge in [-0.3, -0.25) is 0 Å². The van der Waals surface area contributed by atoms with Gasteiger partial charge in [0, 0.05) is 17.3 Å². The highest BCUT2D eigenvalue weighted by molar-refractivity contribution is 6.31. The molecule has 3 rings (SSSR count). The predicted molar refractivity (Wildman–Crippen MR) is 99.7 cm³/mol. The van der Waals surface area contributed by atoms with Crippen molar-refractivity contribution in [1.29, 1.82) is 0 Å². The molecule has 2 aromatic carbocycles. The molecule has 0 fully saturated rings. The molecule has 0 bridgehead atoms. The first-order valence-electron chi connectivity index (χ1n) is 7.78. The number of halogens is 1. The number of benzene rings is 2. The number of anilines is 3. The molecule has 0 aliphatic rings. The Balaban J connectivity index is 1.70. The maximum atomic E-state index is 11.6.